The molecule has 134 valence electrons. The Morgan fingerprint density at radius 1 is 1.12 bits per heavy atom. The van der Waals surface area contributed by atoms with Gasteiger partial charge in [-0.1, -0.05) is 11.6 Å². The van der Waals surface area contributed by atoms with Gasteiger partial charge in [-0.15, -0.1) is 0 Å². The number of rotatable bonds is 2. The van der Waals surface area contributed by atoms with Crippen LogP contribution in [-0.4, -0.2) is 45.3 Å². The summed E-state index contributed by atoms with van der Waals surface area (Å²) in [4.78, 5) is 12.4. The summed E-state index contributed by atoms with van der Waals surface area (Å²) >= 11 is 6.33. The maximum Gasteiger partial charge on any atom is 0.225 e. The summed E-state index contributed by atoms with van der Waals surface area (Å²) in [7, 11) is 0. The van der Waals surface area contributed by atoms with Crippen molar-refractivity contribution in [3.8, 4) is 0 Å². The molecule has 0 atom stereocenters. The van der Waals surface area contributed by atoms with Gasteiger partial charge in [-0.3, -0.25) is 5.10 Å². The van der Waals surface area contributed by atoms with E-state index < -0.39 is 5.82 Å². The van der Waals surface area contributed by atoms with Gasteiger partial charge >= 0.3 is 0 Å². The number of hydrogen-bond acceptors (Lipinski definition) is 5. The smallest absolute Gasteiger partial charge is 0.225 e. The zero-order chi connectivity index (χ0) is 17.9. The van der Waals surface area contributed by atoms with Crippen LogP contribution in [0.15, 0.2) is 24.5 Å². The molecular formula is C17H15ClF2N6. The summed E-state index contributed by atoms with van der Waals surface area (Å²) in [6.45, 7) is 2.04. The molecule has 1 spiro atoms. The number of benzene rings is 1. The predicted molar refractivity (Wildman–Crippen MR) is 94.6 cm³/mol. The maximum atomic E-state index is 14.1. The van der Waals surface area contributed by atoms with E-state index in [1.165, 1.54) is 18.5 Å². The quantitative estimate of drug-likeness (QED) is 0.744. The molecule has 0 radical (unpaired) electrons. The van der Waals surface area contributed by atoms with Gasteiger partial charge < -0.3 is 9.80 Å². The molecule has 6 nitrogen and oxygen atoms in total. The Morgan fingerprint density at radius 3 is 2.62 bits per heavy atom. The highest BCUT2D eigenvalue weighted by Gasteiger charge is 2.53. The zero-order valence-corrected chi connectivity index (χ0v) is 14.5. The molecule has 0 amide bonds. The molecule has 3 aromatic rings. The molecule has 3 heterocycles. The van der Waals surface area contributed by atoms with Crippen molar-refractivity contribution >= 4 is 34.3 Å². The number of aromatic nitrogens is 4. The molecule has 1 N–H and O–H groups in total. The van der Waals surface area contributed by atoms with Gasteiger partial charge in [0.05, 0.1) is 28.3 Å². The highest BCUT2D eigenvalue weighted by molar-refractivity contribution is 6.36. The van der Waals surface area contributed by atoms with Crippen molar-refractivity contribution in [3.05, 3.63) is 41.2 Å². The van der Waals surface area contributed by atoms with Crippen LogP contribution in [0, 0.1) is 11.6 Å². The lowest BCUT2D eigenvalue weighted by Gasteiger charge is -2.42. The summed E-state index contributed by atoms with van der Waals surface area (Å²) in [5.74, 6) is 0.384. The van der Waals surface area contributed by atoms with E-state index in [1.807, 2.05) is 0 Å². The van der Waals surface area contributed by atoms with Crippen LogP contribution < -0.4 is 9.80 Å². The number of nitrogens with one attached hydrogen (secondary N) is 1. The molecule has 2 fully saturated rings. The van der Waals surface area contributed by atoms with Gasteiger partial charge in [0.25, 0.3) is 0 Å². The average Bonchev–Trinajstić information content (AvgIpc) is 3.24. The van der Waals surface area contributed by atoms with Gasteiger partial charge in [-0.25, -0.2) is 18.7 Å². The van der Waals surface area contributed by atoms with Crippen molar-refractivity contribution in [1.29, 1.82) is 0 Å². The third kappa shape index (κ3) is 2.32. The van der Waals surface area contributed by atoms with Crippen LogP contribution in [0.5, 0.6) is 0 Å². The van der Waals surface area contributed by atoms with Crippen molar-refractivity contribution in [2.75, 3.05) is 29.4 Å². The number of anilines is 2. The SMILES string of the molecule is Fc1cnc(N2CCN(c3n[nH]c4c(F)ccc(Cl)c34)C3(CC3)C2)nc1. The van der Waals surface area contributed by atoms with Crippen LogP contribution in [-0.2, 0) is 0 Å². The second-order valence-corrected chi connectivity index (χ2v) is 7.23. The highest BCUT2D eigenvalue weighted by Crippen LogP contribution is 2.48. The van der Waals surface area contributed by atoms with Crippen LogP contribution in [0.25, 0.3) is 10.9 Å². The summed E-state index contributed by atoms with van der Waals surface area (Å²) < 4.78 is 27.1. The third-order valence-electron chi connectivity index (χ3n) is 5.22. The minimum absolute atomic E-state index is 0.103. The molecule has 2 aliphatic rings. The highest BCUT2D eigenvalue weighted by atomic mass is 35.5. The lowest BCUT2D eigenvalue weighted by molar-refractivity contribution is 0.498. The van der Waals surface area contributed by atoms with E-state index in [4.69, 9.17) is 11.6 Å². The van der Waals surface area contributed by atoms with Gasteiger partial charge in [0.15, 0.2) is 11.6 Å². The fourth-order valence-electron chi connectivity index (χ4n) is 3.76. The lowest BCUT2D eigenvalue weighted by Crippen LogP contribution is -2.56. The molecule has 9 heteroatoms. The zero-order valence-electron chi connectivity index (χ0n) is 13.7. The lowest BCUT2D eigenvalue weighted by atomic mass is 10.1. The summed E-state index contributed by atoms with van der Waals surface area (Å²) in [5, 5.41) is 8.23. The first kappa shape index (κ1) is 15.7. The van der Waals surface area contributed by atoms with E-state index in [0.717, 1.165) is 12.8 Å². The first-order valence-corrected chi connectivity index (χ1v) is 8.77. The van der Waals surface area contributed by atoms with E-state index in [1.54, 1.807) is 6.07 Å². The Balaban J connectivity index is 1.49. The molecule has 1 aliphatic carbocycles. The van der Waals surface area contributed by atoms with Crippen LogP contribution >= 0.6 is 11.6 Å². The fraction of sp³-hybridized carbons (Fsp3) is 0.353. The normalized spacial score (nSPS) is 18.7. The minimum Gasteiger partial charge on any atom is -0.345 e. The maximum absolute atomic E-state index is 14.1. The summed E-state index contributed by atoms with van der Waals surface area (Å²) in [6.07, 6.45) is 4.34. The number of halogens is 3. The molecule has 2 aromatic heterocycles. The van der Waals surface area contributed by atoms with E-state index >= 15 is 0 Å². The molecule has 1 aliphatic heterocycles. The second kappa shape index (κ2) is 5.51. The Labute approximate surface area is 152 Å². The fourth-order valence-corrected chi connectivity index (χ4v) is 4.00. The topological polar surface area (TPSA) is 60.9 Å². The first-order chi connectivity index (χ1) is 12.6. The van der Waals surface area contributed by atoms with Crippen molar-refractivity contribution in [2.45, 2.75) is 18.4 Å². The third-order valence-corrected chi connectivity index (χ3v) is 5.54. The Hall–Kier alpha value is -2.48. The largest absolute Gasteiger partial charge is 0.345 e. The van der Waals surface area contributed by atoms with E-state index in [2.05, 4.69) is 30.0 Å². The second-order valence-electron chi connectivity index (χ2n) is 6.83. The molecule has 0 unspecified atom stereocenters. The van der Waals surface area contributed by atoms with Gasteiger partial charge in [-0.05, 0) is 25.0 Å². The molecule has 1 saturated carbocycles. The molecular weight excluding hydrogens is 362 g/mol. The van der Waals surface area contributed by atoms with Crippen LogP contribution in [0.3, 0.4) is 0 Å². The van der Waals surface area contributed by atoms with E-state index in [-0.39, 0.29) is 11.4 Å². The number of piperazine rings is 1. The van der Waals surface area contributed by atoms with Crippen LogP contribution in [0.2, 0.25) is 5.02 Å². The monoisotopic (exact) mass is 376 g/mol. The van der Waals surface area contributed by atoms with Gasteiger partial charge in [-0.2, -0.15) is 5.10 Å². The van der Waals surface area contributed by atoms with Crippen molar-refractivity contribution < 1.29 is 8.78 Å². The van der Waals surface area contributed by atoms with E-state index in [9.17, 15) is 8.78 Å². The molecule has 5 rings (SSSR count). The Morgan fingerprint density at radius 2 is 1.88 bits per heavy atom. The Bertz CT molecular complexity index is 985. The first-order valence-electron chi connectivity index (χ1n) is 8.40. The van der Waals surface area contributed by atoms with Crippen molar-refractivity contribution in [2.24, 2.45) is 0 Å². The number of H-pyrrole nitrogens is 1. The predicted octanol–water partition coefficient (Wildman–Crippen LogP) is 3.14. The molecule has 0 bridgehead atoms. The summed E-state index contributed by atoms with van der Waals surface area (Å²) in [6, 6.07) is 2.89. The molecule has 1 saturated heterocycles. The number of fused-ring (bicyclic) bond motifs is 1. The molecule has 1 aromatic carbocycles. The van der Waals surface area contributed by atoms with Crippen molar-refractivity contribution in [1.82, 2.24) is 20.2 Å². The average molecular weight is 377 g/mol. The number of nitrogens with zero attached hydrogens (tertiary/aromatic N) is 5. The number of aromatic amines is 1. The molecule has 26 heavy (non-hydrogen) atoms. The van der Waals surface area contributed by atoms with Crippen LogP contribution in [0.4, 0.5) is 20.5 Å². The van der Waals surface area contributed by atoms with E-state index in [0.29, 0.717) is 47.3 Å². The van der Waals surface area contributed by atoms with Gasteiger partial charge in [0.1, 0.15) is 11.3 Å². The minimum atomic E-state index is -0.451. The summed E-state index contributed by atoms with van der Waals surface area (Å²) in [5.41, 5.74) is 0.223. The van der Waals surface area contributed by atoms with Crippen molar-refractivity contribution in [3.63, 3.8) is 0 Å². The van der Waals surface area contributed by atoms with Crippen LogP contribution in [0.1, 0.15) is 12.8 Å². The standard InChI is InChI=1S/C17H15ClF2N6/c18-11-1-2-12(20)14-13(11)15(24-23-14)26-6-5-25(9-17(26)3-4-17)16-21-7-10(19)8-22-16/h1-2,7-8H,3-6,9H2,(H,23,24). The van der Waals surface area contributed by atoms with Gasteiger partial charge in [0.2, 0.25) is 5.95 Å². The van der Waals surface area contributed by atoms with Gasteiger partial charge in [0, 0.05) is 19.6 Å². The Kier molecular flexibility index (Phi) is 3.34. The number of hydrogen-bond donors (Lipinski definition) is 1.